The highest BCUT2D eigenvalue weighted by Crippen LogP contribution is 2.27. The number of hydrogen-bond donors (Lipinski definition) is 1. The van der Waals surface area contributed by atoms with E-state index in [9.17, 15) is 9.59 Å². The van der Waals surface area contributed by atoms with Crippen LogP contribution < -0.4 is 0 Å². The summed E-state index contributed by atoms with van der Waals surface area (Å²) in [7, 11) is 1.64. The predicted molar refractivity (Wildman–Crippen MR) is 78.5 cm³/mol. The van der Waals surface area contributed by atoms with Crippen molar-refractivity contribution >= 4 is 35.1 Å². The van der Waals surface area contributed by atoms with Gasteiger partial charge >= 0.3 is 5.97 Å². The lowest BCUT2D eigenvalue weighted by Gasteiger charge is -2.35. The third kappa shape index (κ3) is 3.67. The average Bonchev–Trinajstić information content (AvgIpc) is 2.55. The normalized spacial score (nSPS) is 11.5. The maximum Gasteiger partial charge on any atom is 0.305 e. The first-order valence-corrected chi connectivity index (χ1v) is 6.85. The van der Waals surface area contributed by atoms with Gasteiger partial charge in [-0.15, -0.1) is 0 Å². The van der Waals surface area contributed by atoms with Gasteiger partial charge in [-0.05, 0) is 26.8 Å². The fraction of sp³-hybridized carbons (Fsp3) is 0.538. The number of amides is 1. The van der Waals surface area contributed by atoms with Gasteiger partial charge in [0.05, 0.1) is 11.4 Å². The first-order valence-electron chi connectivity index (χ1n) is 6.10. The molecule has 112 valence electrons. The van der Waals surface area contributed by atoms with E-state index in [1.165, 1.54) is 15.5 Å². The molecule has 1 amide bonds. The lowest BCUT2D eigenvalue weighted by Crippen LogP contribution is -2.47. The maximum absolute atomic E-state index is 12.6. The molecule has 1 N–H and O–H groups in total. The van der Waals surface area contributed by atoms with E-state index in [4.69, 9.17) is 28.3 Å². The molecule has 0 radical (unpaired) electrons. The van der Waals surface area contributed by atoms with E-state index in [1.54, 1.807) is 7.05 Å². The van der Waals surface area contributed by atoms with Crippen molar-refractivity contribution in [2.45, 2.75) is 32.7 Å². The number of nitrogens with zero attached hydrogens (tertiary/aromatic N) is 2. The molecule has 7 heteroatoms. The molecule has 5 nitrogen and oxygen atoms in total. The first kappa shape index (κ1) is 16.9. The van der Waals surface area contributed by atoms with Crippen molar-refractivity contribution in [3.8, 4) is 0 Å². The van der Waals surface area contributed by atoms with Gasteiger partial charge in [-0.25, -0.2) is 0 Å². The summed E-state index contributed by atoms with van der Waals surface area (Å²) in [6.07, 6.45) is -0.116. The molecule has 0 bridgehead atoms. The molecule has 1 rings (SSSR count). The summed E-state index contributed by atoms with van der Waals surface area (Å²) in [5.41, 5.74) is -0.171. The van der Waals surface area contributed by atoms with Gasteiger partial charge in [0.25, 0.3) is 5.91 Å². The van der Waals surface area contributed by atoms with Crippen molar-refractivity contribution in [3.05, 3.63) is 21.9 Å². The van der Waals surface area contributed by atoms with Crippen LogP contribution in [0.2, 0.25) is 10.2 Å². The Morgan fingerprint density at radius 2 is 1.90 bits per heavy atom. The average molecular weight is 321 g/mol. The minimum absolute atomic E-state index is 0.116. The number of rotatable bonds is 4. The van der Waals surface area contributed by atoms with E-state index in [2.05, 4.69) is 0 Å². The van der Waals surface area contributed by atoms with Crippen LogP contribution in [0.1, 0.15) is 37.7 Å². The lowest BCUT2D eigenvalue weighted by molar-refractivity contribution is -0.137. The molecule has 0 atom stereocenters. The summed E-state index contributed by atoms with van der Waals surface area (Å²) in [5, 5.41) is 9.37. The highest BCUT2D eigenvalue weighted by molar-refractivity contribution is 6.41. The lowest BCUT2D eigenvalue weighted by atomic mass is 10.0. The quantitative estimate of drug-likeness (QED) is 0.927. The third-order valence-electron chi connectivity index (χ3n) is 2.94. The van der Waals surface area contributed by atoms with Crippen LogP contribution in [0.4, 0.5) is 0 Å². The smallest absolute Gasteiger partial charge is 0.305 e. The van der Waals surface area contributed by atoms with Gasteiger partial charge in [-0.3, -0.25) is 9.59 Å². The molecule has 0 unspecified atom stereocenters. The topological polar surface area (TPSA) is 62.5 Å². The number of aliphatic carboxylic acids is 1. The van der Waals surface area contributed by atoms with Crippen molar-refractivity contribution in [2.24, 2.45) is 7.05 Å². The van der Waals surface area contributed by atoms with Gasteiger partial charge < -0.3 is 14.6 Å². The second kappa shape index (κ2) is 6.06. The van der Waals surface area contributed by atoms with Crippen LogP contribution in [0.15, 0.2) is 6.07 Å². The molecule has 1 heterocycles. The van der Waals surface area contributed by atoms with E-state index in [0.29, 0.717) is 10.7 Å². The molecular formula is C13H18Cl2N2O3. The van der Waals surface area contributed by atoms with Crippen LogP contribution in [-0.4, -0.2) is 38.5 Å². The second-order valence-corrected chi connectivity index (χ2v) is 6.26. The molecule has 0 fully saturated rings. The Labute approximate surface area is 128 Å². The Bertz CT molecular complexity index is 532. The van der Waals surface area contributed by atoms with Gasteiger partial charge in [0, 0.05) is 19.1 Å². The summed E-state index contributed by atoms with van der Waals surface area (Å²) in [6, 6.07) is 1.49. The first-order chi connectivity index (χ1) is 9.05. The Morgan fingerprint density at radius 3 is 2.25 bits per heavy atom. The molecular weight excluding hydrogens is 303 g/mol. The fourth-order valence-corrected chi connectivity index (χ4v) is 2.21. The van der Waals surface area contributed by atoms with Crippen molar-refractivity contribution < 1.29 is 14.7 Å². The highest BCUT2D eigenvalue weighted by Gasteiger charge is 2.30. The van der Waals surface area contributed by atoms with Crippen LogP contribution in [-0.2, 0) is 11.8 Å². The summed E-state index contributed by atoms with van der Waals surface area (Å²) >= 11 is 11.9. The van der Waals surface area contributed by atoms with Gasteiger partial charge in [0.2, 0.25) is 0 Å². The summed E-state index contributed by atoms with van der Waals surface area (Å²) < 4.78 is 1.49. The van der Waals surface area contributed by atoms with Crippen molar-refractivity contribution in [3.63, 3.8) is 0 Å². The standard InChI is InChI=1S/C13H18Cl2N2O3/c1-13(2,3)17(6-5-10(18)19)12(20)9-7-8(14)11(15)16(9)4/h7H,5-6H2,1-4H3,(H,18,19). The molecule has 0 aliphatic rings. The minimum atomic E-state index is -0.949. The minimum Gasteiger partial charge on any atom is -0.481 e. The fourth-order valence-electron chi connectivity index (χ4n) is 1.83. The number of carbonyl (C=O) groups is 2. The zero-order valence-corrected chi connectivity index (χ0v) is 13.4. The molecule has 0 saturated heterocycles. The molecule has 0 aliphatic heterocycles. The molecule has 0 aromatic carbocycles. The molecule has 1 aromatic heterocycles. The van der Waals surface area contributed by atoms with Gasteiger partial charge in [0.15, 0.2) is 0 Å². The van der Waals surface area contributed by atoms with Crippen LogP contribution >= 0.6 is 23.2 Å². The summed E-state index contributed by atoms with van der Waals surface area (Å²) in [4.78, 5) is 24.8. The van der Waals surface area contributed by atoms with Gasteiger partial charge in [-0.2, -0.15) is 0 Å². The van der Waals surface area contributed by atoms with Crippen LogP contribution in [0.5, 0.6) is 0 Å². The Morgan fingerprint density at radius 1 is 1.35 bits per heavy atom. The van der Waals surface area contributed by atoms with Crippen molar-refractivity contribution in [1.82, 2.24) is 9.47 Å². The number of halogens is 2. The number of carboxylic acids is 1. The SMILES string of the molecule is Cn1c(C(=O)N(CCC(=O)O)C(C)(C)C)cc(Cl)c1Cl. The Balaban J connectivity index is 3.10. The number of carbonyl (C=O) groups excluding carboxylic acids is 1. The number of carboxylic acid groups (broad SMARTS) is 1. The zero-order valence-electron chi connectivity index (χ0n) is 11.9. The van der Waals surface area contributed by atoms with E-state index in [-0.39, 0.29) is 24.0 Å². The van der Waals surface area contributed by atoms with Crippen molar-refractivity contribution in [2.75, 3.05) is 6.54 Å². The Kier molecular flexibility index (Phi) is 5.10. The molecule has 1 aromatic rings. The third-order valence-corrected chi connectivity index (χ3v) is 3.78. The van der Waals surface area contributed by atoms with E-state index < -0.39 is 11.5 Å². The Hall–Kier alpha value is -1.20. The summed E-state index contributed by atoms with van der Waals surface area (Å²) in [5.74, 6) is -1.25. The van der Waals surface area contributed by atoms with E-state index in [1.807, 2.05) is 20.8 Å². The highest BCUT2D eigenvalue weighted by atomic mass is 35.5. The van der Waals surface area contributed by atoms with E-state index >= 15 is 0 Å². The predicted octanol–water partition coefficient (Wildman–Crippen LogP) is 3.05. The molecule has 20 heavy (non-hydrogen) atoms. The van der Waals surface area contributed by atoms with Crippen LogP contribution in [0, 0.1) is 0 Å². The van der Waals surface area contributed by atoms with Gasteiger partial charge in [0.1, 0.15) is 10.8 Å². The van der Waals surface area contributed by atoms with E-state index in [0.717, 1.165) is 0 Å². The molecule has 0 aliphatic carbocycles. The molecule has 0 spiro atoms. The van der Waals surface area contributed by atoms with Crippen LogP contribution in [0.3, 0.4) is 0 Å². The number of aromatic nitrogens is 1. The maximum atomic E-state index is 12.6. The van der Waals surface area contributed by atoms with Crippen LogP contribution in [0.25, 0.3) is 0 Å². The van der Waals surface area contributed by atoms with Gasteiger partial charge in [-0.1, -0.05) is 23.2 Å². The summed E-state index contributed by atoms with van der Waals surface area (Å²) in [6.45, 7) is 5.66. The molecule has 0 saturated carbocycles. The second-order valence-electron chi connectivity index (χ2n) is 5.50. The number of hydrogen-bond acceptors (Lipinski definition) is 2. The zero-order chi connectivity index (χ0) is 15.7. The monoisotopic (exact) mass is 320 g/mol. The van der Waals surface area contributed by atoms with Crippen molar-refractivity contribution in [1.29, 1.82) is 0 Å². The largest absolute Gasteiger partial charge is 0.481 e.